The smallest absolute Gasteiger partial charge is 0.251 e. The Morgan fingerprint density at radius 2 is 2.12 bits per heavy atom. The summed E-state index contributed by atoms with van der Waals surface area (Å²) in [4.78, 5) is 28.7. The first-order chi connectivity index (χ1) is 12.5. The van der Waals surface area contributed by atoms with Crippen LogP contribution in [0.2, 0.25) is 0 Å². The first-order valence-corrected chi connectivity index (χ1v) is 9.24. The van der Waals surface area contributed by atoms with Crippen molar-refractivity contribution in [2.75, 3.05) is 33.7 Å². The lowest BCUT2D eigenvalue weighted by Crippen LogP contribution is -2.40. The van der Waals surface area contributed by atoms with E-state index in [9.17, 15) is 9.59 Å². The molecular formula is C20H28N4O2. The van der Waals surface area contributed by atoms with E-state index in [1.807, 2.05) is 61.1 Å². The van der Waals surface area contributed by atoms with Crippen molar-refractivity contribution in [3.05, 3.63) is 36.0 Å². The Labute approximate surface area is 154 Å². The number of likely N-dealkylation sites (tertiary alicyclic amines) is 1. The van der Waals surface area contributed by atoms with Crippen LogP contribution in [-0.4, -0.2) is 66.0 Å². The molecule has 1 aromatic carbocycles. The van der Waals surface area contributed by atoms with Gasteiger partial charge in [-0.3, -0.25) is 9.59 Å². The van der Waals surface area contributed by atoms with Gasteiger partial charge in [0.25, 0.3) is 5.91 Å². The van der Waals surface area contributed by atoms with Gasteiger partial charge in [0, 0.05) is 61.8 Å². The van der Waals surface area contributed by atoms with Crippen molar-refractivity contribution >= 4 is 22.7 Å². The second-order valence-corrected chi connectivity index (χ2v) is 7.29. The number of aromatic nitrogens is 1. The molecule has 2 aromatic rings. The highest BCUT2D eigenvalue weighted by Gasteiger charge is 2.30. The number of benzene rings is 1. The summed E-state index contributed by atoms with van der Waals surface area (Å²) in [5.41, 5.74) is 1.75. The van der Waals surface area contributed by atoms with E-state index < -0.39 is 0 Å². The summed E-state index contributed by atoms with van der Waals surface area (Å²) in [6.45, 7) is 2.21. The second-order valence-electron chi connectivity index (χ2n) is 7.29. The molecule has 3 rings (SSSR count). The first-order valence-electron chi connectivity index (χ1n) is 9.24. The molecule has 2 heterocycles. The molecule has 6 nitrogen and oxygen atoms in total. The Morgan fingerprint density at radius 3 is 2.88 bits per heavy atom. The molecule has 0 saturated carbocycles. The van der Waals surface area contributed by atoms with Gasteiger partial charge < -0.3 is 19.7 Å². The third-order valence-corrected chi connectivity index (χ3v) is 5.18. The molecule has 0 aliphatic carbocycles. The second kappa shape index (κ2) is 7.91. The summed E-state index contributed by atoms with van der Waals surface area (Å²) in [7, 11) is 6.00. The van der Waals surface area contributed by atoms with Crippen molar-refractivity contribution in [1.29, 1.82) is 0 Å². The molecule has 1 aromatic heterocycles. The van der Waals surface area contributed by atoms with Gasteiger partial charge in [0.15, 0.2) is 0 Å². The van der Waals surface area contributed by atoms with Gasteiger partial charge in [-0.05, 0) is 45.1 Å². The van der Waals surface area contributed by atoms with E-state index in [0.29, 0.717) is 18.5 Å². The van der Waals surface area contributed by atoms with Gasteiger partial charge in [0.1, 0.15) is 0 Å². The highest BCUT2D eigenvalue weighted by atomic mass is 16.2. The summed E-state index contributed by atoms with van der Waals surface area (Å²) in [5.74, 6) is 0.184. The maximum absolute atomic E-state index is 12.6. The zero-order valence-corrected chi connectivity index (χ0v) is 15.9. The van der Waals surface area contributed by atoms with Crippen LogP contribution in [0.4, 0.5) is 0 Å². The number of aryl methyl sites for hydroxylation is 1. The predicted octanol–water partition coefficient (Wildman–Crippen LogP) is 1.85. The van der Waals surface area contributed by atoms with E-state index in [-0.39, 0.29) is 17.9 Å². The molecule has 1 aliphatic heterocycles. The number of rotatable bonds is 7. The van der Waals surface area contributed by atoms with Crippen LogP contribution in [0.5, 0.6) is 0 Å². The molecule has 1 saturated heterocycles. The van der Waals surface area contributed by atoms with Gasteiger partial charge in [-0.25, -0.2) is 0 Å². The fraction of sp³-hybridized carbons (Fsp3) is 0.500. The maximum atomic E-state index is 12.6. The number of amides is 2. The average molecular weight is 356 g/mol. The average Bonchev–Trinajstić information content (AvgIpc) is 3.16. The molecule has 6 heteroatoms. The molecule has 140 valence electrons. The van der Waals surface area contributed by atoms with Crippen LogP contribution >= 0.6 is 0 Å². The minimum atomic E-state index is -0.0500. The number of hydrogen-bond donors (Lipinski definition) is 1. The van der Waals surface area contributed by atoms with E-state index in [1.165, 1.54) is 0 Å². The Balaban J connectivity index is 1.57. The van der Waals surface area contributed by atoms with Crippen molar-refractivity contribution in [3.8, 4) is 0 Å². The molecule has 1 atom stereocenters. The topological polar surface area (TPSA) is 57.6 Å². The maximum Gasteiger partial charge on any atom is 0.251 e. The van der Waals surface area contributed by atoms with Gasteiger partial charge in [0.05, 0.1) is 0 Å². The number of hydrogen-bond acceptors (Lipinski definition) is 3. The molecule has 1 N–H and O–H groups in total. The lowest BCUT2D eigenvalue weighted by atomic mass is 10.1. The van der Waals surface area contributed by atoms with E-state index in [0.717, 1.165) is 36.8 Å². The van der Waals surface area contributed by atoms with Gasteiger partial charge in [-0.2, -0.15) is 0 Å². The lowest BCUT2D eigenvalue weighted by Gasteiger charge is -2.26. The summed E-state index contributed by atoms with van der Waals surface area (Å²) < 4.78 is 2.01. The van der Waals surface area contributed by atoms with Crippen LogP contribution in [0.1, 0.15) is 29.6 Å². The zero-order chi connectivity index (χ0) is 18.7. The standard InChI is InChI=1S/C20H28N4O2/c1-22(2)13-14-24-15(7-8-19(24)25)9-11-21-20(26)17-5-4-6-18-16(17)10-12-23(18)3/h4-6,10,12,15H,7-9,11,13-14H2,1-3H3,(H,21,26). The summed E-state index contributed by atoms with van der Waals surface area (Å²) in [6.07, 6.45) is 4.27. The first kappa shape index (κ1) is 18.5. The zero-order valence-electron chi connectivity index (χ0n) is 15.9. The summed E-state index contributed by atoms with van der Waals surface area (Å²) in [6, 6.07) is 7.99. The molecule has 1 aliphatic rings. The molecule has 0 bridgehead atoms. The van der Waals surface area contributed by atoms with Crippen LogP contribution < -0.4 is 5.32 Å². The van der Waals surface area contributed by atoms with Crippen molar-refractivity contribution in [3.63, 3.8) is 0 Å². The van der Waals surface area contributed by atoms with Crippen molar-refractivity contribution < 1.29 is 9.59 Å². The van der Waals surface area contributed by atoms with E-state index in [1.54, 1.807) is 0 Å². The summed E-state index contributed by atoms with van der Waals surface area (Å²) in [5, 5.41) is 4.00. The van der Waals surface area contributed by atoms with Gasteiger partial charge in [-0.15, -0.1) is 0 Å². The highest BCUT2D eigenvalue weighted by Crippen LogP contribution is 2.22. The molecule has 1 fully saturated rings. The van der Waals surface area contributed by atoms with Crippen LogP contribution in [0.3, 0.4) is 0 Å². The summed E-state index contributed by atoms with van der Waals surface area (Å²) >= 11 is 0. The van der Waals surface area contributed by atoms with Crippen LogP contribution in [0, 0.1) is 0 Å². The van der Waals surface area contributed by atoms with Gasteiger partial charge in [0.2, 0.25) is 5.91 Å². The molecule has 0 radical (unpaired) electrons. The minimum Gasteiger partial charge on any atom is -0.352 e. The van der Waals surface area contributed by atoms with E-state index in [2.05, 4.69) is 10.2 Å². The van der Waals surface area contributed by atoms with Crippen molar-refractivity contribution in [2.45, 2.75) is 25.3 Å². The quantitative estimate of drug-likeness (QED) is 0.824. The molecule has 1 unspecified atom stereocenters. The molecule has 26 heavy (non-hydrogen) atoms. The number of carbonyl (C=O) groups excluding carboxylic acids is 2. The Kier molecular flexibility index (Phi) is 5.61. The van der Waals surface area contributed by atoms with Crippen LogP contribution in [0.15, 0.2) is 30.5 Å². The monoisotopic (exact) mass is 356 g/mol. The molecular weight excluding hydrogens is 328 g/mol. The van der Waals surface area contributed by atoms with E-state index >= 15 is 0 Å². The fourth-order valence-electron chi connectivity index (χ4n) is 3.66. The van der Waals surface area contributed by atoms with Crippen molar-refractivity contribution in [1.82, 2.24) is 19.7 Å². The molecule has 0 spiro atoms. The Morgan fingerprint density at radius 1 is 1.31 bits per heavy atom. The highest BCUT2D eigenvalue weighted by molar-refractivity contribution is 6.06. The normalized spacial score (nSPS) is 17.5. The largest absolute Gasteiger partial charge is 0.352 e. The number of nitrogens with zero attached hydrogens (tertiary/aromatic N) is 3. The third-order valence-electron chi connectivity index (χ3n) is 5.18. The SMILES string of the molecule is CN(C)CCN1C(=O)CCC1CCNC(=O)c1cccc2c1ccn2C. The lowest BCUT2D eigenvalue weighted by molar-refractivity contribution is -0.129. The van der Waals surface area contributed by atoms with Crippen molar-refractivity contribution in [2.24, 2.45) is 7.05 Å². The number of fused-ring (bicyclic) bond motifs is 1. The van der Waals surface area contributed by atoms with Crippen LogP contribution in [-0.2, 0) is 11.8 Å². The van der Waals surface area contributed by atoms with Gasteiger partial charge in [-0.1, -0.05) is 6.07 Å². The predicted molar refractivity (Wildman–Crippen MR) is 103 cm³/mol. The van der Waals surface area contributed by atoms with Gasteiger partial charge >= 0.3 is 0 Å². The number of nitrogens with one attached hydrogen (secondary N) is 1. The fourth-order valence-corrected chi connectivity index (χ4v) is 3.66. The van der Waals surface area contributed by atoms with E-state index in [4.69, 9.17) is 0 Å². The number of carbonyl (C=O) groups is 2. The van der Waals surface area contributed by atoms with Crippen LogP contribution in [0.25, 0.3) is 10.9 Å². The minimum absolute atomic E-state index is 0.0500. The third kappa shape index (κ3) is 3.90. The number of likely N-dealkylation sites (N-methyl/N-ethyl adjacent to an activating group) is 1. The molecule has 2 amide bonds. The Bertz CT molecular complexity index is 796. The Hall–Kier alpha value is -2.34.